The molecule has 0 spiro atoms. The normalized spacial score (nSPS) is 18.6. The number of fused-ring (bicyclic) bond motifs is 2. The number of amides is 2. The van der Waals surface area contributed by atoms with Crippen molar-refractivity contribution in [2.24, 2.45) is 5.73 Å². The molecule has 3 N–H and O–H groups in total. The van der Waals surface area contributed by atoms with Gasteiger partial charge in [0.1, 0.15) is 17.7 Å². The fourth-order valence-corrected chi connectivity index (χ4v) is 4.25. The van der Waals surface area contributed by atoms with Gasteiger partial charge in [-0.1, -0.05) is 38.1 Å². The first-order valence-electron chi connectivity index (χ1n) is 10.3. The predicted molar refractivity (Wildman–Crippen MR) is 111 cm³/mol. The van der Waals surface area contributed by atoms with E-state index in [1.807, 2.05) is 40.9 Å². The zero-order valence-electron chi connectivity index (χ0n) is 16.8. The zero-order chi connectivity index (χ0) is 20.4. The number of urea groups is 1. The fourth-order valence-electron chi connectivity index (χ4n) is 4.25. The van der Waals surface area contributed by atoms with E-state index >= 15 is 0 Å². The SMILES string of the molecule is CCC(CC)c1nnc2ccc(OC3CCC(NC(N)=O)c4ccccc43)cn12. The highest BCUT2D eigenvalue weighted by molar-refractivity contribution is 5.72. The maximum absolute atomic E-state index is 11.4. The molecule has 7 heteroatoms. The first-order valence-corrected chi connectivity index (χ1v) is 10.3. The Morgan fingerprint density at radius 2 is 1.93 bits per heavy atom. The first kappa shape index (κ1) is 19.2. The van der Waals surface area contributed by atoms with E-state index in [9.17, 15) is 4.79 Å². The number of benzene rings is 1. The lowest BCUT2D eigenvalue weighted by Gasteiger charge is -2.32. The van der Waals surface area contributed by atoms with Gasteiger partial charge in [0.15, 0.2) is 5.65 Å². The molecule has 2 atom stereocenters. The van der Waals surface area contributed by atoms with E-state index in [1.54, 1.807) is 0 Å². The molecule has 2 amide bonds. The molecule has 1 aliphatic carbocycles. The topological polar surface area (TPSA) is 94.5 Å². The molecule has 3 aromatic rings. The third-order valence-electron chi connectivity index (χ3n) is 5.78. The minimum Gasteiger partial charge on any atom is -0.484 e. The summed E-state index contributed by atoms with van der Waals surface area (Å²) >= 11 is 0. The van der Waals surface area contributed by atoms with Gasteiger partial charge in [-0.3, -0.25) is 4.40 Å². The molecule has 0 saturated heterocycles. The number of nitrogens with two attached hydrogens (primary N) is 1. The molecule has 2 unspecified atom stereocenters. The van der Waals surface area contributed by atoms with Gasteiger partial charge < -0.3 is 15.8 Å². The third kappa shape index (κ3) is 3.77. The van der Waals surface area contributed by atoms with Crippen LogP contribution in [0.2, 0.25) is 0 Å². The van der Waals surface area contributed by atoms with E-state index in [0.29, 0.717) is 5.92 Å². The van der Waals surface area contributed by atoms with Crippen LogP contribution in [0.4, 0.5) is 4.79 Å². The molecule has 0 saturated carbocycles. The molecule has 2 heterocycles. The second-order valence-electron chi connectivity index (χ2n) is 7.54. The summed E-state index contributed by atoms with van der Waals surface area (Å²) in [5.41, 5.74) is 8.32. The molecule has 0 bridgehead atoms. The molecule has 4 rings (SSSR count). The molecule has 152 valence electrons. The van der Waals surface area contributed by atoms with Gasteiger partial charge in [0.05, 0.1) is 12.2 Å². The van der Waals surface area contributed by atoms with Gasteiger partial charge in [-0.15, -0.1) is 10.2 Å². The fraction of sp³-hybridized carbons (Fsp3) is 0.409. The van der Waals surface area contributed by atoms with Gasteiger partial charge in [-0.2, -0.15) is 0 Å². The van der Waals surface area contributed by atoms with E-state index in [4.69, 9.17) is 10.5 Å². The van der Waals surface area contributed by atoms with Gasteiger partial charge in [-0.05, 0) is 48.9 Å². The lowest BCUT2D eigenvalue weighted by Crippen LogP contribution is -2.36. The number of hydrogen-bond donors (Lipinski definition) is 2. The summed E-state index contributed by atoms with van der Waals surface area (Å²) in [5, 5.41) is 11.5. The van der Waals surface area contributed by atoms with Crippen LogP contribution >= 0.6 is 0 Å². The van der Waals surface area contributed by atoms with E-state index < -0.39 is 6.03 Å². The minimum atomic E-state index is -0.504. The largest absolute Gasteiger partial charge is 0.484 e. The first-order chi connectivity index (χ1) is 14.1. The summed E-state index contributed by atoms with van der Waals surface area (Å²) < 4.78 is 8.44. The standard InChI is InChI=1S/C22H27N5O2/c1-3-14(4-2)21-26-25-20-12-9-15(13-27(20)21)29-19-11-10-18(24-22(23)28)16-7-5-6-8-17(16)19/h5-9,12-14,18-19H,3-4,10-11H2,1-2H3,(H3,23,24,28). The Labute approximate surface area is 170 Å². The highest BCUT2D eigenvalue weighted by Crippen LogP contribution is 2.38. The summed E-state index contributed by atoms with van der Waals surface area (Å²) in [7, 11) is 0. The molecule has 7 nitrogen and oxygen atoms in total. The summed E-state index contributed by atoms with van der Waals surface area (Å²) in [6, 6.07) is 11.4. The van der Waals surface area contributed by atoms with Gasteiger partial charge in [-0.25, -0.2) is 4.79 Å². The third-order valence-corrected chi connectivity index (χ3v) is 5.78. The van der Waals surface area contributed by atoms with Crippen molar-refractivity contribution in [1.29, 1.82) is 0 Å². The smallest absolute Gasteiger partial charge is 0.312 e. The maximum atomic E-state index is 11.4. The average Bonchev–Trinajstić information content (AvgIpc) is 3.14. The quantitative estimate of drug-likeness (QED) is 0.654. The van der Waals surface area contributed by atoms with Crippen molar-refractivity contribution in [3.8, 4) is 5.75 Å². The number of carbonyl (C=O) groups excluding carboxylic acids is 1. The summed E-state index contributed by atoms with van der Waals surface area (Å²) in [4.78, 5) is 11.4. The van der Waals surface area contributed by atoms with Crippen LogP contribution in [0.25, 0.3) is 5.65 Å². The number of ether oxygens (including phenoxy) is 1. The van der Waals surface area contributed by atoms with Gasteiger partial charge in [0, 0.05) is 5.92 Å². The molecular weight excluding hydrogens is 366 g/mol. The Hall–Kier alpha value is -3.09. The Kier molecular flexibility index (Phi) is 5.38. The van der Waals surface area contributed by atoms with E-state index in [1.165, 1.54) is 0 Å². The lowest BCUT2D eigenvalue weighted by molar-refractivity contribution is 0.171. The molecule has 1 aliphatic rings. The van der Waals surface area contributed by atoms with Crippen molar-refractivity contribution in [2.45, 2.75) is 57.6 Å². The highest BCUT2D eigenvalue weighted by atomic mass is 16.5. The second-order valence-corrected chi connectivity index (χ2v) is 7.54. The van der Waals surface area contributed by atoms with Crippen molar-refractivity contribution >= 4 is 11.7 Å². The van der Waals surface area contributed by atoms with Crippen LogP contribution in [-0.4, -0.2) is 20.6 Å². The van der Waals surface area contributed by atoms with Crippen molar-refractivity contribution < 1.29 is 9.53 Å². The van der Waals surface area contributed by atoms with E-state index in [-0.39, 0.29) is 12.1 Å². The highest BCUT2D eigenvalue weighted by Gasteiger charge is 2.29. The number of pyridine rings is 1. The molecule has 1 aromatic carbocycles. The van der Waals surface area contributed by atoms with Crippen LogP contribution in [0.3, 0.4) is 0 Å². The monoisotopic (exact) mass is 393 g/mol. The number of rotatable bonds is 6. The zero-order valence-corrected chi connectivity index (χ0v) is 16.8. The summed E-state index contributed by atoms with van der Waals surface area (Å²) in [6.07, 6.45) is 5.52. The van der Waals surface area contributed by atoms with Crippen molar-refractivity contribution in [3.05, 3.63) is 59.5 Å². The summed E-state index contributed by atoms with van der Waals surface area (Å²) in [6.45, 7) is 4.34. The van der Waals surface area contributed by atoms with Gasteiger partial charge in [0.25, 0.3) is 0 Å². The average molecular weight is 393 g/mol. The Morgan fingerprint density at radius 3 is 2.66 bits per heavy atom. The Balaban J connectivity index is 1.63. The van der Waals surface area contributed by atoms with Crippen LogP contribution in [0, 0.1) is 0 Å². The Bertz CT molecular complexity index is 1010. The van der Waals surface area contributed by atoms with Crippen LogP contribution in [0.5, 0.6) is 5.75 Å². The van der Waals surface area contributed by atoms with E-state index in [2.05, 4.69) is 35.4 Å². The number of carbonyl (C=O) groups is 1. The molecule has 29 heavy (non-hydrogen) atoms. The molecule has 2 aromatic heterocycles. The number of primary amides is 1. The van der Waals surface area contributed by atoms with Crippen LogP contribution in [-0.2, 0) is 0 Å². The number of hydrogen-bond acceptors (Lipinski definition) is 4. The van der Waals surface area contributed by atoms with Crippen molar-refractivity contribution in [2.75, 3.05) is 0 Å². The van der Waals surface area contributed by atoms with Crippen LogP contribution < -0.4 is 15.8 Å². The molecule has 0 fully saturated rings. The van der Waals surface area contributed by atoms with E-state index in [0.717, 1.165) is 54.0 Å². The summed E-state index contributed by atoms with van der Waals surface area (Å²) in [5.74, 6) is 2.13. The van der Waals surface area contributed by atoms with Gasteiger partial charge in [0.2, 0.25) is 0 Å². The maximum Gasteiger partial charge on any atom is 0.312 e. The van der Waals surface area contributed by atoms with Crippen molar-refractivity contribution in [3.63, 3.8) is 0 Å². The predicted octanol–water partition coefficient (Wildman–Crippen LogP) is 4.26. The Morgan fingerprint density at radius 1 is 1.17 bits per heavy atom. The van der Waals surface area contributed by atoms with Crippen molar-refractivity contribution in [1.82, 2.24) is 19.9 Å². The lowest BCUT2D eigenvalue weighted by atomic mass is 9.85. The van der Waals surface area contributed by atoms with Crippen LogP contribution in [0.1, 0.15) is 74.5 Å². The van der Waals surface area contributed by atoms with Crippen LogP contribution in [0.15, 0.2) is 42.6 Å². The number of nitrogens with one attached hydrogen (secondary N) is 1. The molecule has 0 radical (unpaired) electrons. The second kappa shape index (κ2) is 8.11. The number of nitrogens with zero attached hydrogens (tertiary/aromatic N) is 3. The molecular formula is C22H27N5O2. The van der Waals surface area contributed by atoms with Gasteiger partial charge >= 0.3 is 6.03 Å². The molecule has 0 aliphatic heterocycles. The number of aromatic nitrogens is 3. The minimum absolute atomic E-state index is 0.0784.